The van der Waals surface area contributed by atoms with Crippen LogP contribution >= 0.6 is 0 Å². The molecule has 20 heavy (non-hydrogen) atoms. The van der Waals surface area contributed by atoms with E-state index in [1.165, 1.54) is 11.1 Å². The predicted molar refractivity (Wildman–Crippen MR) is 75.9 cm³/mol. The molecule has 2 aliphatic heterocycles. The summed E-state index contributed by atoms with van der Waals surface area (Å²) < 4.78 is 10.8. The van der Waals surface area contributed by atoms with Crippen LogP contribution in [0.5, 0.6) is 5.75 Å². The fourth-order valence-corrected chi connectivity index (χ4v) is 2.92. The second kappa shape index (κ2) is 5.54. The van der Waals surface area contributed by atoms with Crippen molar-refractivity contribution in [3.63, 3.8) is 0 Å². The third-order valence-electron chi connectivity index (χ3n) is 4.33. The Kier molecular flexibility index (Phi) is 3.76. The molecule has 0 bridgehead atoms. The van der Waals surface area contributed by atoms with Crippen molar-refractivity contribution in [3.8, 4) is 5.75 Å². The molecule has 0 saturated carbocycles. The molecule has 0 aliphatic carbocycles. The molecule has 1 saturated heterocycles. The number of Topliss-reactive ketones (excluding diaryl/α,β-unsaturated/α-hetero) is 1. The van der Waals surface area contributed by atoms with Crippen LogP contribution in [0.15, 0.2) is 18.2 Å². The fraction of sp³-hybridized carbons (Fsp3) is 0.562. The average Bonchev–Trinajstić information content (AvgIpc) is 2.93. The Balaban J connectivity index is 1.60. The van der Waals surface area contributed by atoms with Crippen molar-refractivity contribution in [2.45, 2.75) is 37.6 Å². The molecule has 2 N–H and O–H groups in total. The Hall–Kier alpha value is -1.39. The first-order valence-corrected chi connectivity index (χ1v) is 7.32. The molecular formula is C16H21NO3. The molecule has 0 aromatic heterocycles. The van der Waals surface area contributed by atoms with E-state index in [1.807, 2.05) is 12.1 Å². The van der Waals surface area contributed by atoms with E-state index in [0.29, 0.717) is 32.5 Å². The highest BCUT2D eigenvalue weighted by Gasteiger charge is 2.34. The number of ketones is 1. The van der Waals surface area contributed by atoms with Crippen molar-refractivity contribution in [2.24, 2.45) is 5.73 Å². The van der Waals surface area contributed by atoms with Crippen LogP contribution in [0.25, 0.3) is 0 Å². The standard InChI is InChI=1S/C16H21NO3/c17-16(6-9-19-10-7-16)15(18)4-2-12-1-3-14-13(11-12)5-8-20-14/h1,3,11H,2,4-10,17H2. The van der Waals surface area contributed by atoms with Gasteiger partial charge >= 0.3 is 0 Å². The summed E-state index contributed by atoms with van der Waals surface area (Å²) in [5.41, 5.74) is 7.98. The minimum Gasteiger partial charge on any atom is -0.493 e. The van der Waals surface area contributed by atoms with Crippen LogP contribution in [0, 0.1) is 0 Å². The maximum atomic E-state index is 12.3. The Bertz CT molecular complexity index is 506. The van der Waals surface area contributed by atoms with Crippen molar-refractivity contribution >= 4 is 5.78 Å². The van der Waals surface area contributed by atoms with Crippen molar-refractivity contribution in [1.29, 1.82) is 0 Å². The van der Waals surface area contributed by atoms with E-state index in [9.17, 15) is 4.79 Å². The van der Waals surface area contributed by atoms with Gasteiger partial charge in [0.05, 0.1) is 12.1 Å². The van der Waals surface area contributed by atoms with E-state index < -0.39 is 5.54 Å². The molecule has 1 aromatic rings. The zero-order valence-electron chi connectivity index (χ0n) is 11.7. The second-order valence-electron chi connectivity index (χ2n) is 5.73. The van der Waals surface area contributed by atoms with Crippen LogP contribution in [0.1, 0.15) is 30.4 Å². The van der Waals surface area contributed by atoms with Crippen LogP contribution in [0.4, 0.5) is 0 Å². The molecule has 0 radical (unpaired) electrons. The van der Waals surface area contributed by atoms with Gasteiger partial charge in [-0.15, -0.1) is 0 Å². The lowest BCUT2D eigenvalue weighted by atomic mass is 9.84. The molecular weight excluding hydrogens is 254 g/mol. The topological polar surface area (TPSA) is 61.6 Å². The van der Waals surface area contributed by atoms with Gasteiger partial charge in [0.2, 0.25) is 0 Å². The zero-order chi connectivity index (χ0) is 14.0. The lowest BCUT2D eigenvalue weighted by Crippen LogP contribution is -2.52. The number of benzene rings is 1. The SMILES string of the molecule is NC1(C(=O)CCc2ccc3c(c2)CCO3)CCOCC1. The average molecular weight is 275 g/mol. The fourth-order valence-electron chi connectivity index (χ4n) is 2.92. The summed E-state index contributed by atoms with van der Waals surface area (Å²) in [5, 5.41) is 0. The smallest absolute Gasteiger partial charge is 0.153 e. The van der Waals surface area contributed by atoms with Gasteiger partial charge in [0.15, 0.2) is 5.78 Å². The molecule has 4 nitrogen and oxygen atoms in total. The lowest BCUT2D eigenvalue weighted by molar-refractivity contribution is -0.127. The molecule has 1 aromatic carbocycles. The quantitative estimate of drug-likeness (QED) is 0.907. The minimum absolute atomic E-state index is 0.164. The van der Waals surface area contributed by atoms with Crippen LogP contribution in [0.3, 0.4) is 0 Å². The van der Waals surface area contributed by atoms with Gasteiger partial charge < -0.3 is 15.2 Å². The summed E-state index contributed by atoms with van der Waals surface area (Å²) in [4.78, 5) is 12.3. The third-order valence-corrected chi connectivity index (χ3v) is 4.33. The molecule has 0 unspecified atom stereocenters. The Morgan fingerprint density at radius 2 is 2.05 bits per heavy atom. The van der Waals surface area contributed by atoms with E-state index in [4.69, 9.17) is 15.2 Å². The first-order chi connectivity index (χ1) is 9.67. The van der Waals surface area contributed by atoms with Crippen LogP contribution in [-0.2, 0) is 22.4 Å². The molecule has 0 atom stereocenters. The molecule has 2 heterocycles. The molecule has 3 rings (SSSR count). The number of fused-ring (bicyclic) bond motifs is 1. The van der Waals surface area contributed by atoms with Crippen molar-refractivity contribution in [1.82, 2.24) is 0 Å². The first-order valence-electron chi connectivity index (χ1n) is 7.32. The normalized spacial score (nSPS) is 20.2. The summed E-state index contributed by atoms with van der Waals surface area (Å²) in [6.45, 7) is 1.96. The van der Waals surface area contributed by atoms with Gasteiger partial charge in [0.25, 0.3) is 0 Å². The highest BCUT2D eigenvalue weighted by Crippen LogP contribution is 2.27. The Morgan fingerprint density at radius 1 is 1.25 bits per heavy atom. The van der Waals surface area contributed by atoms with Gasteiger partial charge in [-0.05, 0) is 36.5 Å². The zero-order valence-corrected chi connectivity index (χ0v) is 11.7. The molecule has 4 heteroatoms. The Morgan fingerprint density at radius 3 is 2.85 bits per heavy atom. The number of carbonyl (C=O) groups excluding carboxylic acids is 1. The van der Waals surface area contributed by atoms with Crippen LogP contribution in [-0.4, -0.2) is 31.1 Å². The van der Waals surface area contributed by atoms with Gasteiger partial charge in [0, 0.05) is 26.1 Å². The highest BCUT2D eigenvalue weighted by atomic mass is 16.5. The largest absolute Gasteiger partial charge is 0.493 e. The van der Waals surface area contributed by atoms with Gasteiger partial charge in [-0.1, -0.05) is 12.1 Å². The minimum atomic E-state index is -0.669. The maximum Gasteiger partial charge on any atom is 0.153 e. The summed E-state index contributed by atoms with van der Waals surface area (Å²) >= 11 is 0. The summed E-state index contributed by atoms with van der Waals surface area (Å²) in [6.07, 6.45) is 3.52. The molecule has 108 valence electrons. The van der Waals surface area contributed by atoms with Crippen LogP contribution in [0.2, 0.25) is 0 Å². The number of ether oxygens (including phenoxy) is 2. The number of carbonyl (C=O) groups is 1. The number of rotatable bonds is 4. The molecule has 0 amide bonds. The maximum absolute atomic E-state index is 12.3. The number of hydrogen-bond acceptors (Lipinski definition) is 4. The first kappa shape index (κ1) is 13.6. The van der Waals surface area contributed by atoms with Gasteiger partial charge in [-0.2, -0.15) is 0 Å². The lowest BCUT2D eigenvalue weighted by Gasteiger charge is -2.31. The summed E-state index contributed by atoms with van der Waals surface area (Å²) in [7, 11) is 0. The predicted octanol–water partition coefficient (Wildman–Crippen LogP) is 1.63. The molecule has 0 spiro atoms. The van der Waals surface area contributed by atoms with Gasteiger partial charge in [-0.25, -0.2) is 0 Å². The number of aryl methyl sites for hydroxylation is 1. The van der Waals surface area contributed by atoms with E-state index >= 15 is 0 Å². The van der Waals surface area contributed by atoms with Gasteiger partial charge in [0.1, 0.15) is 5.75 Å². The van der Waals surface area contributed by atoms with E-state index in [1.54, 1.807) is 0 Å². The number of hydrogen-bond donors (Lipinski definition) is 1. The van der Waals surface area contributed by atoms with Gasteiger partial charge in [-0.3, -0.25) is 4.79 Å². The molecule has 1 fully saturated rings. The van der Waals surface area contributed by atoms with Crippen molar-refractivity contribution < 1.29 is 14.3 Å². The van der Waals surface area contributed by atoms with E-state index in [2.05, 4.69) is 6.07 Å². The molecule has 2 aliphatic rings. The third kappa shape index (κ3) is 2.72. The number of nitrogens with two attached hydrogens (primary N) is 1. The van der Waals surface area contributed by atoms with Crippen molar-refractivity contribution in [2.75, 3.05) is 19.8 Å². The Labute approximate surface area is 119 Å². The summed E-state index contributed by atoms with van der Waals surface area (Å²) in [5.74, 6) is 1.15. The summed E-state index contributed by atoms with van der Waals surface area (Å²) in [6, 6.07) is 6.21. The second-order valence-corrected chi connectivity index (χ2v) is 5.73. The van der Waals surface area contributed by atoms with Crippen LogP contribution < -0.4 is 10.5 Å². The van der Waals surface area contributed by atoms with E-state index in [-0.39, 0.29) is 5.78 Å². The highest BCUT2D eigenvalue weighted by molar-refractivity contribution is 5.88. The monoisotopic (exact) mass is 275 g/mol. The van der Waals surface area contributed by atoms with E-state index in [0.717, 1.165) is 25.2 Å². The van der Waals surface area contributed by atoms with Crippen molar-refractivity contribution in [3.05, 3.63) is 29.3 Å².